The van der Waals surface area contributed by atoms with Gasteiger partial charge in [-0.25, -0.2) is 0 Å². The topological polar surface area (TPSA) is 48.2 Å². The normalized spacial score (nSPS) is 12.4. The summed E-state index contributed by atoms with van der Waals surface area (Å²) in [6.45, 7) is 1.97. The number of methoxy groups -OCH3 is 1. The lowest BCUT2D eigenvalue weighted by molar-refractivity contribution is 0.413. The van der Waals surface area contributed by atoms with E-state index in [1.54, 1.807) is 7.11 Å². The highest BCUT2D eigenvalue weighted by Gasteiger charge is 2.14. The Kier molecular flexibility index (Phi) is 3.64. The highest BCUT2D eigenvalue weighted by Crippen LogP contribution is 2.25. The van der Waals surface area contributed by atoms with Crippen molar-refractivity contribution in [3.8, 4) is 17.2 Å². The quantitative estimate of drug-likeness (QED) is 0.782. The van der Waals surface area contributed by atoms with Crippen molar-refractivity contribution >= 4 is 11.6 Å². The van der Waals surface area contributed by atoms with Gasteiger partial charge in [-0.05, 0) is 30.7 Å². The molecule has 1 atom stereocenters. The second kappa shape index (κ2) is 5.19. The fourth-order valence-corrected chi connectivity index (χ4v) is 1.48. The van der Waals surface area contributed by atoms with Crippen LogP contribution in [0.1, 0.15) is 24.5 Å². The summed E-state index contributed by atoms with van der Waals surface area (Å²) < 4.78 is 10.2. The first-order valence-electron chi connectivity index (χ1n) is 5.36. The highest BCUT2D eigenvalue weighted by molar-refractivity contribution is 6.20. The van der Waals surface area contributed by atoms with Crippen LogP contribution in [-0.2, 0) is 0 Å². The van der Waals surface area contributed by atoms with Crippen molar-refractivity contribution < 1.29 is 9.26 Å². The third kappa shape index (κ3) is 2.58. The summed E-state index contributed by atoms with van der Waals surface area (Å²) in [4.78, 5) is 4.26. The van der Waals surface area contributed by atoms with Crippen molar-refractivity contribution in [2.75, 3.05) is 7.11 Å². The van der Waals surface area contributed by atoms with Crippen LogP contribution in [0.15, 0.2) is 28.8 Å². The van der Waals surface area contributed by atoms with Gasteiger partial charge in [-0.1, -0.05) is 12.1 Å². The number of rotatable bonds is 4. The first-order valence-corrected chi connectivity index (χ1v) is 5.80. The second-order valence-electron chi connectivity index (χ2n) is 3.56. The van der Waals surface area contributed by atoms with Crippen LogP contribution in [0, 0.1) is 0 Å². The van der Waals surface area contributed by atoms with E-state index in [9.17, 15) is 0 Å². The van der Waals surface area contributed by atoms with Crippen LogP contribution in [0.5, 0.6) is 5.75 Å². The van der Waals surface area contributed by atoms with Crippen LogP contribution in [0.2, 0.25) is 0 Å². The van der Waals surface area contributed by atoms with Crippen molar-refractivity contribution in [2.24, 2.45) is 0 Å². The van der Waals surface area contributed by atoms with Gasteiger partial charge in [0.05, 0.1) is 12.5 Å². The zero-order valence-electron chi connectivity index (χ0n) is 9.68. The Morgan fingerprint density at radius 2 is 2.06 bits per heavy atom. The molecule has 0 spiro atoms. The van der Waals surface area contributed by atoms with E-state index >= 15 is 0 Å². The van der Waals surface area contributed by atoms with Crippen LogP contribution in [0.25, 0.3) is 11.5 Å². The Bertz CT molecular complexity index is 482. The average molecular weight is 253 g/mol. The fourth-order valence-electron chi connectivity index (χ4n) is 1.40. The summed E-state index contributed by atoms with van der Waals surface area (Å²) in [5.41, 5.74) is 0.851. The fraction of sp³-hybridized carbons (Fsp3) is 0.333. The van der Waals surface area contributed by atoms with Gasteiger partial charge in [0.2, 0.25) is 0 Å². The Morgan fingerprint density at radius 3 is 2.65 bits per heavy atom. The molecular weight excluding hydrogens is 240 g/mol. The van der Waals surface area contributed by atoms with Crippen LogP contribution in [0.3, 0.4) is 0 Å². The molecule has 1 aromatic heterocycles. The van der Waals surface area contributed by atoms with E-state index in [1.807, 2.05) is 31.2 Å². The molecule has 4 nitrogen and oxygen atoms in total. The van der Waals surface area contributed by atoms with Gasteiger partial charge in [-0.15, -0.1) is 11.6 Å². The van der Waals surface area contributed by atoms with Gasteiger partial charge in [0.25, 0.3) is 5.89 Å². The van der Waals surface area contributed by atoms with E-state index in [0.717, 1.165) is 17.7 Å². The summed E-state index contributed by atoms with van der Waals surface area (Å²) in [7, 11) is 1.62. The van der Waals surface area contributed by atoms with Crippen molar-refractivity contribution in [1.82, 2.24) is 10.1 Å². The molecule has 0 fully saturated rings. The molecule has 5 heteroatoms. The van der Waals surface area contributed by atoms with E-state index in [2.05, 4.69) is 10.1 Å². The van der Waals surface area contributed by atoms with Gasteiger partial charge in [0, 0.05) is 5.56 Å². The summed E-state index contributed by atoms with van der Waals surface area (Å²) in [5, 5.41) is 3.65. The molecule has 17 heavy (non-hydrogen) atoms. The lowest BCUT2D eigenvalue weighted by Gasteiger charge is -1.99. The molecule has 2 aromatic rings. The first kappa shape index (κ1) is 11.9. The minimum Gasteiger partial charge on any atom is -0.497 e. The first-order chi connectivity index (χ1) is 8.24. The van der Waals surface area contributed by atoms with E-state index in [4.69, 9.17) is 20.9 Å². The minimum absolute atomic E-state index is 0.203. The van der Waals surface area contributed by atoms with Crippen molar-refractivity contribution in [2.45, 2.75) is 18.7 Å². The average Bonchev–Trinajstić information content (AvgIpc) is 2.87. The predicted molar refractivity (Wildman–Crippen MR) is 65.2 cm³/mol. The Morgan fingerprint density at radius 1 is 1.35 bits per heavy atom. The van der Waals surface area contributed by atoms with Crippen molar-refractivity contribution in [3.63, 3.8) is 0 Å². The molecule has 1 aromatic carbocycles. The second-order valence-corrected chi connectivity index (χ2v) is 4.09. The number of ether oxygens (including phenoxy) is 1. The van der Waals surface area contributed by atoms with Crippen molar-refractivity contribution in [1.29, 1.82) is 0 Å². The predicted octanol–water partition coefficient (Wildman–Crippen LogP) is 3.44. The molecule has 0 aliphatic rings. The smallest absolute Gasteiger partial charge is 0.257 e. The van der Waals surface area contributed by atoms with Gasteiger partial charge < -0.3 is 9.26 Å². The number of alkyl halides is 1. The van der Waals surface area contributed by atoms with E-state index in [-0.39, 0.29) is 5.38 Å². The Balaban J connectivity index is 2.24. The van der Waals surface area contributed by atoms with Crippen LogP contribution in [0.4, 0.5) is 0 Å². The zero-order valence-corrected chi connectivity index (χ0v) is 10.4. The molecule has 0 N–H and O–H groups in total. The number of hydrogen-bond donors (Lipinski definition) is 0. The Hall–Kier alpha value is -1.55. The molecule has 0 bridgehead atoms. The maximum Gasteiger partial charge on any atom is 0.257 e. The summed E-state index contributed by atoms with van der Waals surface area (Å²) >= 11 is 6.03. The van der Waals surface area contributed by atoms with Crippen LogP contribution in [-0.4, -0.2) is 17.3 Å². The van der Waals surface area contributed by atoms with Gasteiger partial charge >= 0.3 is 0 Å². The van der Waals surface area contributed by atoms with E-state index in [0.29, 0.717) is 11.7 Å². The molecule has 0 aliphatic heterocycles. The molecular formula is C12H13ClN2O2. The number of halogens is 1. The number of nitrogens with zero attached hydrogens (tertiary/aromatic N) is 2. The third-order valence-electron chi connectivity index (χ3n) is 2.42. The number of aromatic nitrogens is 2. The molecule has 0 aliphatic carbocycles. The van der Waals surface area contributed by atoms with Gasteiger partial charge in [-0.3, -0.25) is 0 Å². The molecule has 2 rings (SSSR count). The summed E-state index contributed by atoms with van der Waals surface area (Å²) in [6, 6.07) is 7.42. The lowest BCUT2D eigenvalue weighted by atomic mass is 10.2. The molecule has 0 saturated carbocycles. The molecule has 0 saturated heterocycles. The molecule has 1 unspecified atom stereocenters. The zero-order chi connectivity index (χ0) is 12.3. The lowest BCUT2D eigenvalue weighted by Crippen LogP contribution is -1.90. The maximum absolute atomic E-state index is 6.03. The van der Waals surface area contributed by atoms with E-state index < -0.39 is 0 Å². The van der Waals surface area contributed by atoms with Gasteiger partial charge in [0.15, 0.2) is 5.82 Å². The number of hydrogen-bond acceptors (Lipinski definition) is 4. The monoisotopic (exact) mass is 252 g/mol. The third-order valence-corrected chi connectivity index (χ3v) is 2.92. The van der Waals surface area contributed by atoms with Crippen LogP contribution < -0.4 is 4.74 Å². The number of benzene rings is 1. The minimum atomic E-state index is -0.203. The van der Waals surface area contributed by atoms with Gasteiger partial charge in [0.1, 0.15) is 5.75 Å². The standard InChI is InChI=1S/C12H13ClN2O2/c1-3-10(13)11-14-12(17-15-11)8-4-6-9(16-2)7-5-8/h4-7,10H,3H2,1-2H3. The van der Waals surface area contributed by atoms with Gasteiger partial charge in [-0.2, -0.15) is 4.98 Å². The van der Waals surface area contributed by atoms with Crippen LogP contribution >= 0.6 is 11.6 Å². The maximum atomic E-state index is 6.03. The SMILES string of the molecule is CCC(Cl)c1noc(-c2ccc(OC)cc2)n1. The molecule has 90 valence electrons. The molecule has 1 heterocycles. The molecule has 0 radical (unpaired) electrons. The van der Waals surface area contributed by atoms with E-state index in [1.165, 1.54) is 0 Å². The van der Waals surface area contributed by atoms with Crippen molar-refractivity contribution in [3.05, 3.63) is 30.1 Å². The highest BCUT2D eigenvalue weighted by atomic mass is 35.5. The molecule has 0 amide bonds. The largest absolute Gasteiger partial charge is 0.497 e. The summed E-state index contributed by atoms with van der Waals surface area (Å²) in [5.74, 6) is 1.79. The Labute approximate surface area is 105 Å². The summed E-state index contributed by atoms with van der Waals surface area (Å²) in [6.07, 6.45) is 0.767.